The predicted molar refractivity (Wildman–Crippen MR) is 123 cm³/mol. The molecule has 0 saturated carbocycles. The maximum Gasteiger partial charge on any atom is 0.295 e. The van der Waals surface area contributed by atoms with Gasteiger partial charge in [-0.1, -0.05) is 41.4 Å². The number of methoxy groups -OCH3 is 1. The normalized spacial score (nSPS) is 17.4. The van der Waals surface area contributed by atoms with Crippen molar-refractivity contribution in [1.82, 2.24) is 9.88 Å². The maximum absolute atomic E-state index is 13.1. The predicted octanol–water partition coefficient (Wildman–Crippen LogP) is 4.72. The lowest BCUT2D eigenvalue weighted by molar-refractivity contribution is -0.140. The zero-order valence-electron chi connectivity index (χ0n) is 17.3. The highest BCUT2D eigenvalue weighted by Crippen LogP contribution is 2.42. The topological polar surface area (TPSA) is 100.0 Å². The van der Waals surface area contributed by atoms with E-state index in [-0.39, 0.29) is 39.2 Å². The second kappa shape index (κ2) is 9.13. The first-order valence-corrected chi connectivity index (χ1v) is 10.6. The molecule has 7 nitrogen and oxygen atoms in total. The summed E-state index contributed by atoms with van der Waals surface area (Å²) in [4.78, 5) is 31.5. The van der Waals surface area contributed by atoms with E-state index in [1.807, 2.05) is 0 Å². The van der Waals surface area contributed by atoms with Gasteiger partial charge in [-0.05, 0) is 41.5 Å². The van der Waals surface area contributed by atoms with Crippen molar-refractivity contribution in [1.29, 1.82) is 0 Å². The number of phenolic OH excluding ortho intramolecular Hbond substituents is 1. The van der Waals surface area contributed by atoms with Crippen LogP contribution in [0.2, 0.25) is 10.0 Å². The van der Waals surface area contributed by atoms with E-state index in [0.717, 1.165) is 0 Å². The monoisotopic (exact) mass is 484 g/mol. The lowest BCUT2D eigenvalue weighted by Crippen LogP contribution is -2.29. The molecule has 1 aromatic heterocycles. The second-order valence-electron chi connectivity index (χ2n) is 7.35. The molecule has 1 fully saturated rings. The fraction of sp³-hybridized carbons (Fsp3) is 0.125. The van der Waals surface area contributed by atoms with Crippen molar-refractivity contribution in [3.8, 4) is 11.5 Å². The minimum Gasteiger partial charge on any atom is -0.508 e. The molecule has 9 heteroatoms. The molecule has 2 aromatic carbocycles. The van der Waals surface area contributed by atoms with E-state index in [1.165, 1.54) is 36.3 Å². The number of ketones is 1. The third kappa shape index (κ3) is 4.25. The molecule has 3 aromatic rings. The summed E-state index contributed by atoms with van der Waals surface area (Å²) in [6.07, 6.45) is 3.20. The van der Waals surface area contributed by atoms with Crippen LogP contribution < -0.4 is 4.74 Å². The van der Waals surface area contributed by atoms with Crippen molar-refractivity contribution in [2.45, 2.75) is 12.6 Å². The molecule has 1 aliphatic heterocycles. The van der Waals surface area contributed by atoms with Gasteiger partial charge in [0.2, 0.25) is 0 Å². The number of nitrogens with zero attached hydrogens (tertiary/aromatic N) is 2. The average Bonchev–Trinajstić information content (AvgIpc) is 3.04. The van der Waals surface area contributed by atoms with E-state index < -0.39 is 23.5 Å². The molecule has 1 saturated heterocycles. The molecule has 2 N–H and O–H groups in total. The number of rotatable bonds is 5. The first-order valence-electron chi connectivity index (χ1n) is 9.81. The molecule has 1 atom stereocenters. The first kappa shape index (κ1) is 22.6. The number of aromatic hydroxyl groups is 1. The minimum atomic E-state index is -0.912. The Morgan fingerprint density at radius 1 is 1.12 bits per heavy atom. The van der Waals surface area contributed by atoms with Gasteiger partial charge in [-0.15, -0.1) is 0 Å². The van der Waals surface area contributed by atoms with Crippen LogP contribution in [0.5, 0.6) is 11.5 Å². The van der Waals surface area contributed by atoms with Crippen molar-refractivity contribution < 1.29 is 24.5 Å². The van der Waals surface area contributed by atoms with Gasteiger partial charge in [-0.3, -0.25) is 14.6 Å². The summed E-state index contributed by atoms with van der Waals surface area (Å²) < 4.78 is 5.14. The highest BCUT2D eigenvalue weighted by Gasteiger charge is 2.46. The van der Waals surface area contributed by atoms with Gasteiger partial charge in [0.1, 0.15) is 11.5 Å². The van der Waals surface area contributed by atoms with E-state index in [4.69, 9.17) is 27.9 Å². The van der Waals surface area contributed by atoms with E-state index in [2.05, 4.69) is 4.98 Å². The van der Waals surface area contributed by atoms with Gasteiger partial charge in [0, 0.05) is 24.5 Å². The Morgan fingerprint density at radius 3 is 2.36 bits per heavy atom. The van der Waals surface area contributed by atoms with E-state index in [9.17, 15) is 19.8 Å². The number of likely N-dealkylation sites (tertiary alicyclic amines) is 1. The Morgan fingerprint density at radius 2 is 1.79 bits per heavy atom. The van der Waals surface area contributed by atoms with Crippen molar-refractivity contribution >= 4 is 40.7 Å². The van der Waals surface area contributed by atoms with Crippen molar-refractivity contribution in [3.63, 3.8) is 0 Å². The molecule has 33 heavy (non-hydrogen) atoms. The summed E-state index contributed by atoms with van der Waals surface area (Å²) in [6.45, 7) is 0.0882. The summed E-state index contributed by atoms with van der Waals surface area (Å²) in [7, 11) is 1.40. The Labute approximate surface area is 199 Å². The van der Waals surface area contributed by atoms with Gasteiger partial charge in [-0.2, -0.15) is 0 Å². The summed E-state index contributed by atoms with van der Waals surface area (Å²) in [5.41, 5.74) is 1.28. The Bertz CT molecular complexity index is 1240. The van der Waals surface area contributed by atoms with Gasteiger partial charge in [0.25, 0.3) is 11.7 Å². The Hall–Kier alpha value is -3.55. The van der Waals surface area contributed by atoms with Crippen LogP contribution in [0.4, 0.5) is 0 Å². The number of halogens is 2. The number of carbonyl (C=O) groups excluding carboxylic acids is 2. The molecule has 1 amide bonds. The number of phenols is 1. The maximum atomic E-state index is 13.1. The third-order valence-corrected chi connectivity index (χ3v) is 5.86. The first-order chi connectivity index (χ1) is 15.8. The average molecular weight is 485 g/mol. The van der Waals surface area contributed by atoms with Crippen LogP contribution in [0.3, 0.4) is 0 Å². The number of ether oxygens (including phenoxy) is 1. The summed E-state index contributed by atoms with van der Waals surface area (Å²) in [5, 5.41) is 21.1. The van der Waals surface area contributed by atoms with Crippen LogP contribution in [0.15, 0.2) is 66.5 Å². The Balaban J connectivity index is 1.88. The van der Waals surface area contributed by atoms with Crippen LogP contribution in [0.25, 0.3) is 5.76 Å². The number of carbonyl (C=O) groups is 2. The zero-order chi connectivity index (χ0) is 23.7. The molecule has 0 spiro atoms. The van der Waals surface area contributed by atoms with Crippen LogP contribution in [-0.4, -0.2) is 38.9 Å². The van der Waals surface area contributed by atoms with Crippen LogP contribution >= 0.6 is 23.2 Å². The number of hydrogen-bond acceptors (Lipinski definition) is 6. The molecule has 168 valence electrons. The van der Waals surface area contributed by atoms with E-state index in [0.29, 0.717) is 11.1 Å². The van der Waals surface area contributed by atoms with Crippen molar-refractivity contribution in [3.05, 3.63) is 93.2 Å². The molecule has 2 heterocycles. The standard InChI is InChI=1S/C24H18Cl2N2O5/c1-33-23-17(25)9-15(10-18(23)26)21(30)19-20(14-4-6-16(29)7-5-14)28(24(32)22(19)31)12-13-3-2-8-27-11-13/h2-11,20,29-30H,12H2,1H3/b21-19+. The SMILES string of the molecule is COc1c(Cl)cc(/C(O)=C2\C(=O)C(=O)N(Cc3cccnc3)C2c2ccc(O)cc2)cc1Cl. The number of aliphatic hydroxyl groups excluding tert-OH is 1. The number of amides is 1. The van der Waals surface area contributed by atoms with E-state index in [1.54, 1.807) is 36.7 Å². The molecular formula is C24H18Cl2N2O5. The number of aromatic nitrogens is 1. The van der Waals surface area contributed by atoms with Gasteiger partial charge < -0.3 is 19.8 Å². The number of aliphatic hydroxyl groups is 1. The van der Waals surface area contributed by atoms with Gasteiger partial charge in [0.15, 0.2) is 5.75 Å². The zero-order valence-corrected chi connectivity index (χ0v) is 18.8. The highest BCUT2D eigenvalue weighted by molar-refractivity contribution is 6.46. The number of Topliss-reactive ketones (excluding diaryl/α,β-unsaturated/α-hetero) is 1. The molecule has 0 bridgehead atoms. The molecule has 1 aliphatic rings. The van der Waals surface area contributed by atoms with Gasteiger partial charge in [0.05, 0.1) is 28.8 Å². The lowest BCUT2D eigenvalue weighted by Gasteiger charge is -2.25. The van der Waals surface area contributed by atoms with Crippen LogP contribution in [-0.2, 0) is 16.1 Å². The minimum absolute atomic E-state index is 0.0247. The molecular weight excluding hydrogens is 467 g/mol. The largest absolute Gasteiger partial charge is 0.508 e. The molecule has 1 unspecified atom stereocenters. The summed E-state index contributed by atoms with van der Waals surface area (Å²) in [6, 6.07) is 11.5. The molecule has 0 aliphatic carbocycles. The van der Waals surface area contributed by atoms with Gasteiger partial charge >= 0.3 is 0 Å². The number of benzene rings is 2. The highest BCUT2D eigenvalue weighted by atomic mass is 35.5. The molecule has 0 radical (unpaired) electrons. The smallest absolute Gasteiger partial charge is 0.295 e. The summed E-state index contributed by atoms with van der Waals surface area (Å²) in [5.74, 6) is -1.80. The lowest BCUT2D eigenvalue weighted by atomic mass is 9.95. The Kier molecular flexibility index (Phi) is 6.26. The van der Waals surface area contributed by atoms with Crippen molar-refractivity contribution in [2.75, 3.05) is 7.11 Å². The quantitative estimate of drug-likeness (QED) is 0.308. The number of hydrogen-bond donors (Lipinski definition) is 2. The van der Waals surface area contributed by atoms with E-state index >= 15 is 0 Å². The fourth-order valence-electron chi connectivity index (χ4n) is 3.78. The number of pyridine rings is 1. The summed E-state index contributed by atoms with van der Waals surface area (Å²) >= 11 is 12.4. The fourth-order valence-corrected chi connectivity index (χ4v) is 4.42. The second-order valence-corrected chi connectivity index (χ2v) is 8.17. The molecule has 4 rings (SSSR count). The van der Waals surface area contributed by atoms with Crippen LogP contribution in [0.1, 0.15) is 22.7 Å². The van der Waals surface area contributed by atoms with Gasteiger partial charge in [-0.25, -0.2) is 0 Å². The van der Waals surface area contributed by atoms with Crippen molar-refractivity contribution in [2.24, 2.45) is 0 Å². The third-order valence-electron chi connectivity index (χ3n) is 5.30. The van der Waals surface area contributed by atoms with Crippen LogP contribution in [0, 0.1) is 0 Å².